The van der Waals surface area contributed by atoms with E-state index in [1.807, 2.05) is 13.8 Å². The highest BCUT2D eigenvalue weighted by molar-refractivity contribution is 5.36. The molecule has 60 valence electrons. The molecule has 1 heterocycles. The molecule has 0 aromatic carbocycles. The predicted molar refractivity (Wildman–Crippen MR) is 43.8 cm³/mol. The molecule has 1 atom stereocenters. The molecule has 0 spiro atoms. The SMILES string of the molecule is Cc1cnc(C(C)N)nc1N. The number of nitrogens with zero attached hydrogens (tertiary/aromatic N) is 2. The number of aromatic nitrogens is 2. The van der Waals surface area contributed by atoms with Gasteiger partial charge in [-0.2, -0.15) is 0 Å². The molecule has 1 unspecified atom stereocenters. The molecule has 0 aliphatic rings. The maximum absolute atomic E-state index is 5.55. The van der Waals surface area contributed by atoms with Crippen molar-refractivity contribution in [2.75, 3.05) is 5.73 Å². The summed E-state index contributed by atoms with van der Waals surface area (Å²) in [5.41, 5.74) is 12.0. The monoisotopic (exact) mass is 152 g/mol. The van der Waals surface area contributed by atoms with E-state index in [-0.39, 0.29) is 6.04 Å². The van der Waals surface area contributed by atoms with Crippen LogP contribution in [0.2, 0.25) is 0 Å². The van der Waals surface area contributed by atoms with Gasteiger partial charge in [0.2, 0.25) is 0 Å². The Morgan fingerprint density at radius 3 is 2.64 bits per heavy atom. The lowest BCUT2D eigenvalue weighted by molar-refractivity contribution is 0.739. The molecule has 1 aromatic heterocycles. The molecule has 4 N–H and O–H groups in total. The van der Waals surface area contributed by atoms with Gasteiger partial charge in [0.15, 0.2) is 0 Å². The lowest BCUT2D eigenvalue weighted by Crippen LogP contribution is -2.11. The third kappa shape index (κ3) is 1.65. The molecule has 0 saturated carbocycles. The second kappa shape index (κ2) is 2.84. The summed E-state index contributed by atoms with van der Waals surface area (Å²) in [5, 5.41) is 0. The third-order valence-corrected chi connectivity index (χ3v) is 1.44. The first kappa shape index (κ1) is 7.94. The second-order valence-electron chi connectivity index (χ2n) is 2.59. The van der Waals surface area contributed by atoms with Crippen LogP contribution in [-0.2, 0) is 0 Å². The minimum atomic E-state index is -0.155. The van der Waals surface area contributed by atoms with Gasteiger partial charge in [0.25, 0.3) is 0 Å². The topological polar surface area (TPSA) is 77.8 Å². The van der Waals surface area contributed by atoms with Crippen molar-refractivity contribution < 1.29 is 0 Å². The minimum absolute atomic E-state index is 0.155. The van der Waals surface area contributed by atoms with E-state index >= 15 is 0 Å². The van der Waals surface area contributed by atoms with E-state index in [1.165, 1.54) is 0 Å². The van der Waals surface area contributed by atoms with E-state index in [2.05, 4.69) is 9.97 Å². The molecule has 11 heavy (non-hydrogen) atoms. The van der Waals surface area contributed by atoms with Gasteiger partial charge in [-0.3, -0.25) is 0 Å². The largest absolute Gasteiger partial charge is 0.383 e. The molecule has 0 bridgehead atoms. The zero-order valence-electron chi connectivity index (χ0n) is 6.70. The van der Waals surface area contributed by atoms with Crippen molar-refractivity contribution in [1.29, 1.82) is 0 Å². The summed E-state index contributed by atoms with van der Waals surface area (Å²) < 4.78 is 0. The first-order valence-corrected chi connectivity index (χ1v) is 3.46. The molecule has 0 aliphatic heterocycles. The zero-order valence-corrected chi connectivity index (χ0v) is 6.70. The average Bonchev–Trinajstić information content (AvgIpc) is 1.94. The van der Waals surface area contributed by atoms with Gasteiger partial charge in [0, 0.05) is 11.8 Å². The van der Waals surface area contributed by atoms with Crippen molar-refractivity contribution in [2.45, 2.75) is 19.9 Å². The number of nitrogens with two attached hydrogens (primary N) is 2. The van der Waals surface area contributed by atoms with Crippen molar-refractivity contribution in [1.82, 2.24) is 9.97 Å². The fourth-order valence-corrected chi connectivity index (χ4v) is 0.689. The van der Waals surface area contributed by atoms with E-state index in [0.29, 0.717) is 11.6 Å². The molecule has 1 aromatic rings. The number of hydrogen-bond acceptors (Lipinski definition) is 4. The summed E-state index contributed by atoms with van der Waals surface area (Å²) in [4.78, 5) is 8.04. The average molecular weight is 152 g/mol. The Bertz CT molecular complexity index is 257. The van der Waals surface area contributed by atoms with Crippen molar-refractivity contribution in [3.05, 3.63) is 17.6 Å². The van der Waals surface area contributed by atoms with Gasteiger partial charge in [-0.15, -0.1) is 0 Å². The van der Waals surface area contributed by atoms with Crippen LogP contribution in [0.4, 0.5) is 5.82 Å². The van der Waals surface area contributed by atoms with Gasteiger partial charge in [-0.05, 0) is 13.8 Å². The van der Waals surface area contributed by atoms with E-state index in [1.54, 1.807) is 6.20 Å². The Morgan fingerprint density at radius 1 is 1.55 bits per heavy atom. The van der Waals surface area contributed by atoms with E-state index in [9.17, 15) is 0 Å². The van der Waals surface area contributed by atoms with Crippen molar-refractivity contribution in [3.63, 3.8) is 0 Å². The van der Waals surface area contributed by atoms with Crippen LogP contribution in [0.25, 0.3) is 0 Å². The molecule has 0 aliphatic carbocycles. The maximum Gasteiger partial charge on any atom is 0.147 e. The molecular weight excluding hydrogens is 140 g/mol. The minimum Gasteiger partial charge on any atom is -0.383 e. The van der Waals surface area contributed by atoms with Crippen LogP contribution in [-0.4, -0.2) is 9.97 Å². The highest BCUT2D eigenvalue weighted by Crippen LogP contribution is 2.08. The molecule has 1 rings (SSSR count). The fourth-order valence-electron chi connectivity index (χ4n) is 0.689. The summed E-state index contributed by atoms with van der Waals surface area (Å²) >= 11 is 0. The molecule has 0 amide bonds. The Kier molecular flexibility index (Phi) is 2.05. The second-order valence-corrected chi connectivity index (χ2v) is 2.59. The van der Waals surface area contributed by atoms with Crippen LogP contribution >= 0.6 is 0 Å². The number of rotatable bonds is 1. The Balaban J connectivity index is 3.05. The van der Waals surface area contributed by atoms with Crippen LogP contribution in [0.3, 0.4) is 0 Å². The number of hydrogen-bond donors (Lipinski definition) is 2. The van der Waals surface area contributed by atoms with Crippen LogP contribution in [0.15, 0.2) is 6.20 Å². The summed E-state index contributed by atoms with van der Waals surface area (Å²) in [6, 6.07) is -0.155. The van der Waals surface area contributed by atoms with Crippen LogP contribution in [0.5, 0.6) is 0 Å². The Morgan fingerprint density at radius 2 is 2.18 bits per heavy atom. The number of nitrogen functional groups attached to an aromatic ring is 1. The molecule has 0 saturated heterocycles. The van der Waals surface area contributed by atoms with E-state index in [0.717, 1.165) is 5.56 Å². The Hall–Kier alpha value is -1.16. The standard InChI is InChI=1S/C7H12N4/c1-4-3-10-7(5(2)8)11-6(4)9/h3,5H,8H2,1-2H3,(H2,9,10,11). The van der Waals surface area contributed by atoms with E-state index in [4.69, 9.17) is 11.5 Å². The van der Waals surface area contributed by atoms with Crippen LogP contribution in [0.1, 0.15) is 24.4 Å². The van der Waals surface area contributed by atoms with E-state index < -0.39 is 0 Å². The number of anilines is 1. The third-order valence-electron chi connectivity index (χ3n) is 1.44. The normalized spacial score (nSPS) is 13.0. The molecule has 0 fully saturated rings. The van der Waals surface area contributed by atoms with Gasteiger partial charge in [-0.1, -0.05) is 0 Å². The first-order valence-electron chi connectivity index (χ1n) is 3.46. The van der Waals surface area contributed by atoms with Gasteiger partial charge >= 0.3 is 0 Å². The van der Waals surface area contributed by atoms with Crippen molar-refractivity contribution in [2.24, 2.45) is 5.73 Å². The zero-order chi connectivity index (χ0) is 8.43. The predicted octanol–water partition coefficient (Wildman–Crippen LogP) is 0.387. The smallest absolute Gasteiger partial charge is 0.147 e. The lowest BCUT2D eigenvalue weighted by atomic mass is 10.3. The van der Waals surface area contributed by atoms with Crippen LogP contribution < -0.4 is 11.5 Å². The highest BCUT2D eigenvalue weighted by atomic mass is 15.0. The van der Waals surface area contributed by atoms with Crippen LogP contribution in [0, 0.1) is 6.92 Å². The summed E-state index contributed by atoms with van der Waals surface area (Å²) in [5.74, 6) is 1.10. The molecule has 0 radical (unpaired) electrons. The van der Waals surface area contributed by atoms with Crippen molar-refractivity contribution in [3.8, 4) is 0 Å². The molecular formula is C7H12N4. The summed E-state index contributed by atoms with van der Waals surface area (Å²) in [6.07, 6.45) is 1.68. The summed E-state index contributed by atoms with van der Waals surface area (Å²) in [6.45, 7) is 3.68. The number of aryl methyl sites for hydroxylation is 1. The fraction of sp³-hybridized carbons (Fsp3) is 0.429. The Labute approximate surface area is 65.6 Å². The summed E-state index contributed by atoms with van der Waals surface area (Å²) in [7, 11) is 0. The lowest BCUT2D eigenvalue weighted by Gasteiger charge is -2.04. The van der Waals surface area contributed by atoms with Gasteiger partial charge in [0.05, 0.1) is 6.04 Å². The molecule has 4 heteroatoms. The quantitative estimate of drug-likeness (QED) is 0.610. The van der Waals surface area contributed by atoms with Gasteiger partial charge in [-0.25, -0.2) is 9.97 Å². The first-order chi connectivity index (χ1) is 5.11. The van der Waals surface area contributed by atoms with Crippen molar-refractivity contribution >= 4 is 5.82 Å². The van der Waals surface area contributed by atoms with Gasteiger partial charge < -0.3 is 11.5 Å². The molecule has 4 nitrogen and oxygen atoms in total. The van der Waals surface area contributed by atoms with Gasteiger partial charge in [0.1, 0.15) is 11.6 Å². The highest BCUT2D eigenvalue weighted by Gasteiger charge is 2.03. The maximum atomic E-state index is 5.55.